The summed E-state index contributed by atoms with van der Waals surface area (Å²) in [6, 6.07) is 12.1. The fourth-order valence-corrected chi connectivity index (χ4v) is 3.68. The molecule has 0 bridgehead atoms. The van der Waals surface area contributed by atoms with E-state index in [1.807, 2.05) is 25.1 Å². The summed E-state index contributed by atoms with van der Waals surface area (Å²) in [5.41, 5.74) is 1.23. The normalized spacial score (nSPS) is 16.0. The smallest absolute Gasteiger partial charge is 0.298 e. The third-order valence-corrected chi connectivity index (χ3v) is 5.05. The molecule has 128 valence electrons. The number of benzene rings is 2. The van der Waals surface area contributed by atoms with E-state index in [2.05, 4.69) is 15.9 Å². The SMILES string of the molecule is CCOc1ccc(Br)cc1/C=C1/SC(=O)N(c2ccc(Cl)cc2)C1=O. The highest BCUT2D eigenvalue weighted by Gasteiger charge is 2.36. The maximum Gasteiger partial charge on any atom is 0.298 e. The molecule has 4 nitrogen and oxygen atoms in total. The summed E-state index contributed by atoms with van der Waals surface area (Å²) in [6.07, 6.45) is 1.68. The average molecular weight is 439 g/mol. The van der Waals surface area contributed by atoms with E-state index in [1.165, 1.54) is 0 Å². The number of carbonyl (C=O) groups is 2. The molecule has 1 aliphatic rings. The molecule has 2 aromatic rings. The number of amides is 2. The molecule has 1 saturated heterocycles. The van der Waals surface area contributed by atoms with Gasteiger partial charge < -0.3 is 4.74 Å². The van der Waals surface area contributed by atoms with Crippen molar-refractivity contribution in [2.24, 2.45) is 0 Å². The van der Waals surface area contributed by atoms with Gasteiger partial charge in [0.05, 0.1) is 17.2 Å². The molecule has 0 atom stereocenters. The average Bonchev–Trinajstić information content (AvgIpc) is 2.85. The number of anilines is 1. The van der Waals surface area contributed by atoms with Gasteiger partial charge >= 0.3 is 0 Å². The summed E-state index contributed by atoms with van der Waals surface area (Å²) >= 11 is 10.2. The van der Waals surface area contributed by atoms with E-state index in [0.29, 0.717) is 28.0 Å². The number of imide groups is 1. The van der Waals surface area contributed by atoms with Crippen molar-refractivity contribution in [2.45, 2.75) is 6.92 Å². The molecule has 0 radical (unpaired) electrons. The molecule has 3 rings (SSSR count). The van der Waals surface area contributed by atoms with Crippen LogP contribution in [0.2, 0.25) is 5.02 Å². The van der Waals surface area contributed by atoms with Crippen LogP contribution in [0, 0.1) is 0 Å². The second kappa shape index (κ2) is 7.64. The van der Waals surface area contributed by atoms with E-state index in [0.717, 1.165) is 26.7 Å². The molecule has 0 spiro atoms. The molecular formula is C18H13BrClNO3S. The highest BCUT2D eigenvalue weighted by atomic mass is 79.9. The Morgan fingerprint density at radius 2 is 1.92 bits per heavy atom. The van der Waals surface area contributed by atoms with Gasteiger partial charge in [-0.25, -0.2) is 4.90 Å². The van der Waals surface area contributed by atoms with Crippen molar-refractivity contribution < 1.29 is 14.3 Å². The van der Waals surface area contributed by atoms with Crippen molar-refractivity contribution in [1.29, 1.82) is 0 Å². The van der Waals surface area contributed by atoms with Gasteiger partial charge in [-0.1, -0.05) is 27.5 Å². The third kappa shape index (κ3) is 3.92. The number of rotatable bonds is 4. The molecule has 0 aromatic heterocycles. The minimum absolute atomic E-state index is 0.341. The molecule has 2 aromatic carbocycles. The van der Waals surface area contributed by atoms with Crippen molar-refractivity contribution >= 4 is 62.2 Å². The first kappa shape index (κ1) is 18.0. The van der Waals surface area contributed by atoms with Crippen molar-refractivity contribution in [1.82, 2.24) is 0 Å². The number of halogens is 2. The first-order valence-corrected chi connectivity index (χ1v) is 9.44. The van der Waals surface area contributed by atoms with Gasteiger partial charge in [0, 0.05) is 15.1 Å². The highest BCUT2D eigenvalue weighted by Crippen LogP contribution is 2.37. The van der Waals surface area contributed by atoms with Crippen LogP contribution >= 0.6 is 39.3 Å². The number of hydrogen-bond acceptors (Lipinski definition) is 4. The van der Waals surface area contributed by atoms with Crippen LogP contribution in [0.15, 0.2) is 51.8 Å². The number of thioether (sulfide) groups is 1. The van der Waals surface area contributed by atoms with Gasteiger partial charge in [-0.05, 0) is 67.2 Å². The Kier molecular flexibility index (Phi) is 5.51. The van der Waals surface area contributed by atoms with Crippen LogP contribution in [0.4, 0.5) is 10.5 Å². The van der Waals surface area contributed by atoms with E-state index >= 15 is 0 Å². The summed E-state index contributed by atoms with van der Waals surface area (Å²) in [6.45, 7) is 2.40. The summed E-state index contributed by atoms with van der Waals surface area (Å²) in [5.74, 6) is 0.295. The number of nitrogens with zero attached hydrogens (tertiary/aromatic N) is 1. The number of hydrogen-bond donors (Lipinski definition) is 0. The lowest BCUT2D eigenvalue weighted by atomic mass is 10.2. The van der Waals surface area contributed by atoms with Crippen LogP contribution in [0.3, 0.4) is 0 Å². The first-order valence-electron chi connectivity index (χ1n) is 7.45. The number of carbonyl (C=O) groups excluding carboxylic acids is 2. The van der Waals surface area contributed by atoms with Crippen LogP contribution < -0.4 is 9.64 Å². The van der Waals surface area contributed by atoms with Gasteiger partial charge in [-0.2, -0.15) is 0 Å². The topological polar surface area (TPSA) is 46.6 Å². The predicted octanol–water partition coefficient (Wildman–Crippen LogP) is 5.74. The van der Waals surface area contributed by atoms with Crippen molar-refractivity contribution in [3.63, 3.8) is 0 Å². The molecular weight excluding hydrogens is 426 g/mol. The Morgan fingerprint density at radius 1 is 1.20 bits per heavy atom. The molecule has 1 aliphatic heterocycles. The second-order valence-corrected chi connectivity index (χ2v) is 7.45. The standard InChI is InChI=1S/C18H13BrClNO3S/c1-2-24-15-8-3-12(19)9-11(15)10-16-17(22)21(18(23)25-16)14-6-4-13(20)5-7-14/h3-10H,2H2,1H3/b16-10+. The monoisotopic (exact) mass is 437 g/mol. The van der Waals surface area contributed by atoms with Crippen molar-refractivity contribution in [2.75, 3.05) is 11.5 Å². The molecule has 0 unspecified atom stereocenters. The zero-order valence-corrected chi connectivity index (χ0v) is 16.3. The Labute approximate surface area is 162 Å². The van der Waals surface area contributed by atoms with Crippen LogP contribution in [0.25, 0.3) is 6.08 Å². The summed E-state index contributed by atoms with van der Waals surface area (Å²) in [7, 11) is 0. The second-order valence-electron chi connectivity index (χ2n) is 5.11. The zero-order chi connectivity index (χ0) is 18.0. The summed E-state index contributed by atoms with van der Waals surface area (Å²) in [5, 5.41) is 0.202. The Hall–Kier alpha value is -1.76. The van der Waals surface area contributed by atoms with Crippen LogP contribution in [0.5, 0.6) is 5.75 Å². The van der Waals surface area contributed by atoms with Gasteiger partial charge in [0.15, 0.2) is 0 Å². The quantitative estimate of drug-likeness (QED) is 0.571. The summed E-state index contributed by atoms with van der Waals surface area (Å²) in [4.78, 5) is 26.5. The minimum Gasteiger partial charge on any atom is -0.493 e. The lowest BCUT2D eigenvalue weighted by Crippen LogP contribution is -2.27. The van der Waals surface area contributed by atoms with Gasteiger partial charge in [-0.15, -0.1) is 0 Å². The largest absolute Gasteiger partial charge is 0.493 e. The molecule has 1 fully saturated rings. The maximum atomic E-state index is 12.7. The molecule has 1 heterocycles. The van der Waals surface area contributed by atoms with Crippen molar-refractivity contribution in [3.05, 3.63) is 62.4 Å². The Bertz CT molecular complexity index is 867. The first-order chi connectivity index (χ1) is 12.0. The highest BCUT2D eigenvalue weighted by molar-refractivity contribution is 9.10. The molecule has 2 amide bonds. The third-order valence-electron chi connectivity index (χ3n) is 3.44. The maximum absolute atomic E-state index is 12.7. The van der Waals surface area contributed by atoms with Gasteiger partial charge in [0.25, 0.3) is 11.1 Å². The molecule has 0 N–H and O–H groups in total. The van der Waals surface area contributed by atoms with Gasteiger partial charge in [-0.3, -0.25) is 9.59 Å². The Morgan fingerprint density at radius 3 is 2.60 bits per heavy atom. The Balaban J connectivity index is 1.96. The lowest BCUT2D eigenvalue weighted by molar-refractivity contribution is -0.113. The van der Waals surface area contributed by atoms with E-state index in [-0.39, 0.29) is 11.1 Å². The number of ether oxygens (including phenoxy) is 1. The van der Waals surface area contributed by atoms with Crippen molar-refractivity contribution in [3.8, 4) is 5.75 Å². The predicted molar refractivity (Wildman–Crippen MR) is 105 cm³/mol. The van der Waals surface area contributed by atoms with Crippen LogP contribution in [-0.4, -0.2) is 17.8 Å². The molecule has 25 heavy (non-hydrogen) atoms. The van der Waals surface area contributed by atoms with E-state index in [9.17, 15) is 9.59 Å². The lowest BCUT2D eigenvalue weighted by Gasteiger charge is -2.12. The van der Waals surface area contributed by atoms with Gasteiger partial charge in [0.1, 0.15) is 5.75 Å². The van der Waals surface area contributed by atoms with Crippen LogP contribution in [0.1, 0.15) is 12.5 Å². The fraction of sp³-hybridized carbons (Fsp3) is 0.111. The van der Waals surface area contributed by atoms with E-state index in [1.54, 1.807) is 30.3 Å². The van der Waals surface area contributed by atoms with E-state index < -0.39 is 0 Å². The fourth-order valence-electron chi connectivity index (χ4n) is 2.34. The summed E-state index contributed by atoms with van der Waals surface area (Å²) < 4.78 is 6.45. The van der Waals surface area contributed by atoms with Gasteiger partial charge in [0.2, 0.25) is 0 Å². The molecule has 7 heteroatoms. The molecule has 0 aliphatic carbocycles. The van der Waals surface area contributed by atoms with E-state index in [4.69, 9.17) is 16.3 Å². The zero-order valence-electron chi connectivity index (χ0n) is 13.2. The minimum atomic E-state index is -0.361. The van der Waals surface area contributed by atoms with Crippen LogP contribution in [-0.2, 0) is 4.79 Å². The molecule has 0 saturated carbocycles.